The zero-order valence-corrected chi connectivity index (χ0v) is 14.7. The number of aromatic nitrogens is 2. The molecular formula is C18H22N4O3. The van der Waals surface area contributed by atoms with Gasteiger partial charge in [-0.3, -0.25) is 14.6 Å². The van der Waals surface area contributed by atoms with Crippen LogP contribution in [-0.4, -0.2) is 39.9 Å². The molecule has 1 fully saturated rings. The van der Waals surface area contributed by atoms with Crippen LogP contribution in [0.25, 0.3) is 0 Å². The van der Waals surface area contributed by atoms with E-state index in [4.69, 9.17) is 4.52 Å². The number of hydrogen-bond acceptors (Lipinski definition) is 5. The normalized spacial score (nSPS) is 15.2. The fourth-order valence-electron chi connectivity index (χ4n) is 3.14. The van der Waals surface area contributed by atoms with Crippen molar-refractivity contribution >= 4 is 17.6 Å². The summed E-state index contributed by atoms with van der Waals surface area (Å²) in [4.78, 5) is 31.1. The van der Waals surface area contributed by atoms with E-state index < -0.39 is 0 Å². The predicted octanol–water partition coefficient (Wildman–Crippen LogP) is 2.49. The maximum absolute atomic E-state index is 12.6. The first-order valence-electron chi connectivity index (χ1n) is 8.41. The van der Waals surface area contributed by atoms with Crippen LogP contribution in [-0.2, 0) is 4.79 Å². The van der Waals surface area contributed by atoms with E-state index in [1.807, 2.05) is 13.8 Å². The van der Waals surface area contributed by atoms with Crippen LogP contribution in [0, 0.1) is 26.7 Å². The molecule has 0 spiro atoms. The van der Waals surface area contributed by atoms with E-state index in [2.05, 4.69) is 15.5 Å². The molecule has 1 saturated heterocycles. The minimum absolute atomic E-state index is 0.000385. The van der Waals surface area contributed by atoms with Gasteiger partial charge in [-0.25, -0.2) is 0 Å². The Morgan fingerprint density at radius 2 is 1.76 bits per heavy atom. The molecule has 3 heterocycles. The zero-order chi connectivity index (χ0) is 18.0. The lowest BCUT2D eigenvalue weighted by atomic mass is 9.95. The van der Waals surface area contributed by atoms with Gasteiger partial charge in [0.05, 0.1) is 0 Å². The predicted molar refractivity (Wildman–Crippen MR) is 92.2 cm³/mol. The van der Waals surface area contributed by atoms with Gasteiger partial charge in [0, 0.05) is 42.0 Å². The third kappa shape index (κ3) is 4.04. The van der Waals surface area contributed by atoms with Gasteiger partial charge >= 0.3 is 0 Å². The van der Waals surface area contributed by atoms with Gasteiger partial charge in [-0.1, -0.05) is 5.16 Å². The molecular weight excluding hydrogens is 320 g/mol. The monoisotopic (exact) mass is 342 g/mol. The van der Waals surface area contributed by atoms with Gasteiger partial charge in [0.15, 0.2) is 5.82 Å². The molecule has 1 aliphatic heterocycles. The van der Waals surface area contributed by atoms with Gasteiger partial charge in [0.25, 0.3) is 5.91 Å². The summed E-state index contributed by atoms with van der Waals surface area (Å²) in [6, 6.07) is 5.30. The summed E-state index contributed by atoms with van der Waals surface area (Å²) in [6.07, 6.45) is 1.27. The molecule has 0 aromatic carbocycles. The van der Waals surface area contributed by atoms with E-state index in [0.717, 1.165) is 11.4 Å². The number of aryl methyl sites for hydroxylation is 3. The Balaban J connectivity index is 1.57. The van der Waals surface area contributed by atoms with Crippen molar-refractivity contribution in [3.05, 3.63) is 40.9 Å². The molecule has 0 unspecified atom stereocenters. The largest absolute Gasteiger partial charge is 0.360 e. The number of carbonyl (C=O) groups excluding carboxylic acids is 2. The van der Waals surface area contributed by atoms with Gasteiger partial charge in [0.1, 0.15) is 5.76 Å². The molecule has 0 radical (unpaired) electrons. The molecule has 25 heavy (non-hydrogen) atoms. The van der Waals surface area contributed by atoms with Crippen molar-refractivity contribution in [3.8, 4) is 0 Å². The Kier molecular flexibility index (Phi) is 4.83. The molecule has 1 aliphatic rings. The first-order chi connectivity index (χ1) is 11.9. The molecule has 2 amide bonds. The van der Waals surface area contributed by atoms with E-state index in [9.17, 15) is 9.59 Å². The van der Waals surface area contributed by atoms with E-state index in [1.54, 1.807) is 30.0 Å². The van der Waals surface area contributed by atoms with Gasteiger partial charge < -0.3 is 14.7 Å². The topological polar surface area (TPSA) is 88.3 Å². The average Bonchev–Trinajstić information content (AvgIpc) is 2.98. The molecule has 0 bridgehead atoms. The van der Waals surface area contributed by atoms with Crippen LogP contribution in [0.2, 0.25) is 0 Å². The van der Waals surface area contributed by atoms with Crippen molar-refractivity contribution in [3.63, 3.8) is 0 Å². The Morgan fingerprint density at radius 3 is 2.32 bits per heavy atom. The molecule has 7 heteroatoms. The number of nitrogens with one attached hydrogen (secondary N) is 1. The van der Waals surface area contributed by atoms with Gasteiger partial charge in [-0.05, 0) is 45.7 Å². The number of carbonyl (C=O) groups is 2. The van der Waals surface area contributed by atoms with E-state index in [0.29, 0.717) is 43.1 Å². The maximum atomic E-state index is 12.6. The Morgan fingerprint density at radius 1 is 1.12 bits per heavy atom. The molecule has 0 atom stereocenters. The molecule has 2 aromatic heterocycles. The molecule has 0 aliphatic carbocycles. The second-order valence-corrected chi connectivity index (χ2v) is 6.52. The van der Waals surface area contributed by atoms with Crippen LogP contribution in [0.15, 0.2) is 22.7 Å². The summed E-state index contributed by atoms with van der Waals surface area (Å²) < 4.78 is 4.95. The van der Waals surface area contributed by atoms with Crippen LogP contribution in [0.5, 0.6) is 0 Å². The van der Waals surface area contributed by atoms with Gasteiger partial charge in [-0.15, -0.1) is 0 Å². The first kappa shape index (κ1) is 17.1. The van der Waals surface area contributed by atoms with Crippen LogP contribution in [0.1, 0.15) is 40.3 Å². The second-order valence-electron chi connectivity index (χ2n) is 6.52. The number of nitrogens with zero attached hydrogens (tertiary/aromatic N) is 3. The minimum Gasteiger partial charge on any atom is -0.360 e. The quantitative estimate of drug-likeness (QED) is 0.926. The standard InChI is InChI=1S/C18H22N4O3/c1-11-8-15(9-12(2)19-11)18(24)22-6-4-14(5-7-22)17(23)20-16-10-13(3)25-21-16/h8-10,14H,4-7H2,1-3H3,(H,20,21,23). The first-order valence-corrected chi connectivity index (χ1v) is 8.41. The Labute approximate surface area is 146 Å². The number of hydrogen-bond donors (Lipinski definition) is 1. The summed E-state index contributed by atoms with van der Waals surface area (Å²) in [5.74, 6) is 0.889. The smallest absolute Gasteiger partial charge is 0.253 e. The minimum atomic E-state index is -0.123. The highest BCUT2D eigenvalue weighted by Gasteiger charge is 2.28. The fraction of sp³-hybridized carbons (Fsp3) is 0.444. The van der Waals surface area contributed by atoms with Crippen molar-refractivity contribution in [1.82, 2.24) is 15.0 Å². The summed E-state index contributed by atoms with van der Waals surface area (Å²) in [5.41, 5.74) is 2.33. The van der Waals surface area contributed by atoms with Gasteiger partial charge in [-0.2, -0.15) is 0 Å². The van der Waals surface area contributed by atoms with E-state index >= 15 is 0 Å². The lowest BCUT2D eigenvalue weighted by Crippen LogP contribution is -2.41. The van der Waals surface area contributed by atoms with Crippen molar-refractivity contribution in [2.75, 3.05) is 18.4 Å². The lowest BCUT2D eigenvalue weighted by molar-refractivity contribution is -0.121. The number of likely N-dealkylation sites (tertiary alicyclic amines) is 1. The third-order valence-corrected chi connectivity index (χ3v) is 4.36. The van der Waals surface area contributed by atoms with Crippen LogP contribution < -0.4 is 5.32 Å². The highest BCUT2D eigenvalue weighted by molar-refractivity contribution is 5.95. The van der Waals surface area contributed by atoms with E-state index in [-0.39, 0.29) is 17.7 Å². The maximum Gasteiger partial charge on any atom is 0.253 e. The second kappa shape index (κ2) is 7.04. The number of rotatable bonds is 3. The highest BCUT2D eigenvalue weighted by atomic mass is 16.5. The third-order valence-electron chi connectivity index (χ3n) is 4.36. The SMILES string of the molecule is Cc1cc(C(=O)N2CCC(C(=O)Nc3cc(C)on3)CC2)cc(C)n1. The van der Waals surface area contributed by atoms with Crippen LogP contribution in [0.4, 0.5) is 5.82 Å². The van der Waals surface area contributed by atoms with Crippen molar-refractivity contribution < 1.29 is 14.1 Å². The summed E-state index contributed by atoms with van der Waals surface area (Å²) in [6.45, 7) is 6.66. The van der Waals surface area contributed by atoms with Crippen LogP contribution >= 0.6 is 0 Å². The van der Waals surface area contributed by atoms with Gasteiger partial charge in [0.2, 0.25) is 5.91 Å². The Bertz CT molecular complexity index is 771. The number of pyridine rings is 1. The summed E-state index contributed by atoms with van der Waals surface area (Å²) in [7, 11) is 0. The summed E-state index contributed by atoms with van der Waals surface area (Å²) >= 11 is 0. The lowest BCUT2D eigenvalue weighted by Gasteiger charge is -2.31. The summed E-state index contributed by atoms with van der Waals surface area (Å²) in [5, 5.41) is 6.54. The average molecular weight is 342 g/mol. The number of piperidine rings is 1. The van der Waals surface area contributed by atoms with Crippen molar-refractivity contribution in [1.29, 1.82) is 0 Å². The number of amides is 2. The molecule has 7 nitrogen and oxygen atoms in total. The molecule has 3 rings (SSSR count). The van der Waals surface area contributed by atoms with Crippen LogP contribution in [0.3, 0.4) is 0 Å². The Hall–Kier alpha value is -2.70. The van der Waals surface area contributed by atoms with Crippen molar-refractivity contribution in [2.24, 2.45) is 5.92 Å². The van der Waals surface area contributed by atoms with Crippen molar-refractivity contribution in [2.45, 2.75) is 33.6 Å². The molecule has 132 valence electrons. The fourth-order valence-corrected chi connectivity index (χ4v) is 3.14. The van der Waals surface area contributed by atoms with E-state index in [1.165, 1.54) is 0 Å². The highest BCUT2D eigenvalue weighted by Crippen LogP contribution is 2.21. The molecule has 1 N–H and O–H groups in total. The number of anilines is 1. The molecule has 2 aromatic rings. The zero-order valence-electron chi connectivity index (χ0n) is 14.7. The molecule has 0 saturated carbocycles.